The van der Waals surface area contributed by atoms with Gasteiger partial charge in [-0.25, -0.2) is 0 Å². The second-order valence-electron chi connectivity index (χ2n) is 4.39. The number of rotatable bonds is 1. The summed E-state index contributed by atoms with van der Waals surface area (Å²) in [4.78, 5) is 13.3. The Bertz CT molecular complexity index is 405. The highest BCUT2D eigenvalue weighted by atomic mass is 16.2. The molecule has 1 aliphatic heterocycles. The van der Waals surface area contributed by atoms with E-state index in [2.05, 4.69) is 29.4 Å². The molecule has 0 saturated carbocycles. The smallest absolute Gasteiger partial charge is 0.224 e. The Morgan fingerprint density at radius 1 is 1.62 bits per heavy atom. The van der Waals surface area contributed by atoms with Crippen LogP contribution in [0.15, 0.2) is 12.3 Å². The van der Waals surface area contributed by atoms with E-state index in [9.17, 15) is 4.79 Å². The van der Waals surface area contributed by atoms with Gasteiger partial charge in [0.05, 0.1) is 11.9 Å². The van der Waals surface area contributed by atoms with Gasteiger partial charge >= 0.3 is 0 Å². The Morgan fingerprint density at radius 2 is 2.38 bits per heavy atom. The first-order valence-corrected chi connectivity index (χ1v) is 5.46. The van der Waals surface area contributed by atoms with Gasteiger partial charge in [-0.2, -0.15) is 5.10 Å². The van der Waals surface area contributed by atoms with Crippen molar-refractivity contribution in [1.29, 1.82) is 0 Å². The Morgan fingerprint density at radius 3 is 3.00 bits per heavy atom. The summed E-state index contributed by atoms with van der Waals surface area (Å²) >= 11 is 0. The van der Waals surface area contributed by atoms with Gasteiger partial charge in [0, 0.05) is 19.5 Å². The minimum absolute atomic E-state index is 0.0430. The number of aromatic nitrogens is 2. The molecule has 0 bridgehead atoms. The molecule has 0 spiro atoms. The van der Waals surface area contributed by atoms with E-state index in [1.165, 1.54) is 0 Å². The Labute approximate surface area is 94.9 Å². The summed E-state index contributed by atoms with van der Waals surface area (Å²) in [5.74, 6) is 1.18. The minimum atomic E-state index is 0.0430. The molecule has 1 N–H and O–H groups in total. The number of amides is 1. The lowest BCUT2D eigenvalue weighted by Gasteiger charge is -2.35. The molecule has 0 saturated heterocycles. The van der Waals surface area contributed by atoms with Crippen molar-refractivity contribution < 1.29 is 4.79 Å². The maximum absolute atomic E-state index is 11.6. The van der Waals surface area contributed by atoms with Gasteiger partial charge in [-0.3, -0.25) is 4.79 Å². The SMILES string of the molecule is CC(=O)N1C[C@H](C(C)C)Nc2nnccc21. The van der Waals surface area contributed by atoms with Crippen LogP contribution >= 0.6 is 0 Å². The molecular weight excluding hydrogens is 204 g/mol. The van der Waals surface area contributed by atoms with Crippen molar-refractivity contribution in [2.24, 2.45) is 5.92 Å². The maximum Gasteiger partial charge on any atom is 0.224 e. The van der Waals surface area contributed by atoms with Gasteiger partial charge < -0.3 is 10.2 Å². The number of nitrogens with one attached hydrogen (secondary N) is 1. The lowest BCUT2D eigenvalue weighted by molar-refractivity contribution is -0.116. The van der Waals surface area contributed by atoms with Gasteiger partial charge in [-0.15, -0.1) is 5.10 Å². The van der Waals surface area contributed by atoms with Crippen LogP contribution < -0.4 is 10.2 Å². The first kappa shape index (κ1) is 10.9. The summed E-state index contributed by atoms with van der Waals surface area (Å²) in [6.07, 6.45) is 1.60. The molecule has 1 aliphatic rings. The fraction of sp³-hybridized carbons (Fsp3) is 0.545. The number of anilines is 2. The molecule has 5 nitrogen and oxygen atoms in total. The summed E-state index contributed by atoms with van der Waals surface area (Å²) in [5, 5.41) is 11.2. The van der Waals surface area contributed by atoms with E-state index in [1.807, 2.05) is 6.07 Å². The van der Waals surface area contributed by atoms with E-state index in [4.69, 9.17) is 0 Å². The van der Waals surface area contributed by atoms with Crippen molar-refractivity contribution in [1.82, 2.24) is 10.2 Å². The van der Waals surface area contributed by atoms with Crippen LogP contribution in [0.1, 0.15) is 20.8 Å². The van der Waals surface area contributed by atoms with Gasteiger partial charge in [-0.05, 0) is 12.0 Å². The topological polar surface area (TPSA) is 58.1 Å². The molecule has 86 valence electrons. The van der Waals surface area contributed by atoms with E-state index >= 15 is 0 Å². The minimum Gasteiger partial charge on any atom is -0.362 e. The molecule has 1 aromatic heterocycles. The van der Waals surface area contributed by atoms with Crippen LogP contribution in [0.3, 0.4) is 0 Å². The lowest BCUT2D eigenvalue weighted by Crippen LogP contribution is -2.46. The van der Waals surface area contributed by atoms with Crippen LogP contribution in [0.5, 0.6) is 0 Å². The van der Waals surface area contributed by atoms with Crippen LogP contribution in [0.25, 0.3) is 0 Å². The zero-order chi connectivity index (χ0) is 11.7. The molecule has 0 radical (unpaired) electrons. The predicted octanol–water partition coefficient (Wildman–Crippen LogP) is 1.28. The van der Waals surface area contributed by atoms with Crippen molar-refractivity contribution in [3.8, 4) is 0 Å². The summed E-state index contributed by atoms with van der Waals surface area (Å²) in [5.41, 5.74) is 0.819. The van der Waals surface area contributed by atoms with Gasteiger partial charge in [0.15, 0.2) is 5.82 Å². The fourth-order valence-corrected chi connectivity index (χ4v) is 1.84. The van der Waals surface area contributed by atoms with Gasteiger partial charge in [0.25, 0.3) is 0 Å². The summed E-state index contributed by atoms with van der Waals surface area (Å²) in [6.45, 7) is 6.51. The monoisotopic (exact) mass is 220 g/mol. The van der Waals surface area contributed by atoms with Crippen molar-refractivity contribution in [3.63, 3.8) is 0 Å². The second-order valence-corrected chi connectivity index (χ2v) is 4.39. The highest BCUT2D eigenvalue weighted by Crippen LogP contribution is 2.29. The van der Waals surface area contributed by atoms with Crippen LogP contribution in [0, 0.1) is 5.92 Å². The molecule has 2 heterocycles. The summed E-state index contributed by atoms with van der Waals surface area (Å²) in [6, 6.07) is 2.04. The van der Waals surface area contributed by atoms with Gasteiger partial charge in [0.2, 0.25) is 5.91 Å². The normalized spacial score (nSPS) is 19.2. The van der Waals surface area contributed by atoms with E-state index in [0.29, 0.717) is 18.3 Å². The molecule has 1 aromatic rings. The predicted molar refractivity (Wildman–Crippen MR) is 62.3 cm³/mol. The highest BCUT2D eigenvalue weighted by molar-refractivity contribution is 5.95. The quantitative estimate of drug-likeness (QED) is 0.774. The average Bonchev–Trinajstić information content (AvgIpc) is 2.27. The highest BCUT2D eigenvalue weighted by Gasteiger charge is 2.28. The zero-order valence-electron chi connectivity index (χ0n) is 9.77. The third-order valence-electron chi connectivity index (χ3n) is 2.88. The molecule has 5 heteroatoms. The Hall–Kier alpha value is -1.65. The van der Waals surface area contributed by atoms with Crippen molar-refractivity contribution >= 4 is 17.4 Å². The molecule has 0 aromatic carbocycles. The first-order chi connectivity index (χ1) is 7.59. The molecular formula is C11H16N4O. The number of carbonyl (C=O) groups is 1. The van der Waals surface area contributed by atoms with Crippen LogP contribution in [0.4, 0.5) is 11.5 Å². The molecule has 0 unspecified atom stereocenters. The standard InChI is InChI=1S/C11H16N4O/c1-7(2)9-6-15(8(3)16)10-4-5-12-14-11(10)13-9/h4-5,7,9H,6H2,1-3H3,(H,13,14)/t9-/m1/s1. The van der Waals surface area contributed by atoms with Crippen LogP contribution in [-0.4, -0.2) is 28.7 Å². The fourth-order valence-electron chi connectivity index (χ4n) is 1.84. The first-order valence-electron chi connectivity index (χ1n) is 5.46. The summed E-state index contributed by atoms with van der Waals surface area (Å²) in [7, 11) is 0. The van der Waals surface area contributed by atoms with Gasteiger partial charge in [-0.1, -0.05) is 13.8 Å². The third-order valence-corrected chi connectivity index (χ3v) is 2.88. The molecule has 0 fully saturated rings. The largest absolute Gasteiger partial charge is 0.362 e. The van der Waals surface area contributed by atoms with Crippen molar-refractivity contribution in [2.45, 2.75) is 26.8 Å². The lowest BCUT2D eigenvalue weighted by atomic mass is 10.0. The van der Waals surface area contributed by atoms with E-state index in [-0.39, 0.29) is 11.9 Å². The Balaban J connectivity index is 2.37. The van der Waals surface area contributed by atoms with Gasteiger partial charge in [0.1, 0.15) is 0 Å². The van der Waals surface area contributed by atoms with Crippen molar-refractivity contribution in [3.05, 3.63) is 12.3 Å². The van der Waals surface area contributed by atoms with Crippen LogP contribution in [-0.2, 0) is 4.79 Å². The number of nitrogens with zero attached hydrogens (tertiary/aromatic N) is 3. The molecule has 0 aliphatic carbocycles. The number of hydrogen-bond donors (Lipinski definition) is 1. The maximum atomic E-state index is 11.6. The third kappa shape index (κ3) is 1.85. The molecule has 1 atom stereocenters. The molecule has 16 heavy (non-hydrogen) atoms. The zero-order valence-corrected chi connectivity index (χ0v) is 9.77. The second kappa shape index (κ2) is 4.08. The molecule has 2 rings (SSSR count). The van der Waals surface area contributed by atoms with E-state index < -0.39 is 0 Å². The Kier molecular flexibility index (Phi) is 2.77. The number of fused-ring (bicyclic) bond motifs is 1. The van der Waals surface area contributed by atoms with E-state index in [1.54, 1.807) is 18.0 Å². The number of hydrogen-bond acceptors (Lipinski definition) is 4. The van der Waals surface area contributed by atoms with Crippen LogP contribution in [0.2, 0.25) is 0 Å². The summed E-state index contributed by atoms with van der Waals surface area (Å²) < 4.78 is 0. The average molecular weight is 220 g/mol. The number of carbonyl (C=O) groups excluding carboxylic acids is 1. The van der Waals surface area contributed by atoms with Crippen molar-refractivity contribution in [2.75, 3.05) is 16.8 Å². The molecule has 1 amide bonds. The van der Waals surface area contributed by atoms with E-state index in [0.717, 1.165) is 5.69 Å².